The Morgan fingerprint density at radius 1 is 0.903 bits per heavy atom. The van der Waals surface area contributed by atoms with Gasteiger partial charge in [0.1, 0.15) is 24.3 Å². The number of H-pyrrole nitrogens is 3. The van der Waals surface area contributed by atoms with Crippen LogP contribution in [0.15, 0.2) is 37.2 Å². The molecule has 0 fully saturated rings. The molecule has 0 aliphatic carbocycles. The van der Waals surface area contributed by atoms with Crippen molar-refractivity contribution in [2.24, 2.45) is 0 Å². The number of nitrogens with one attached hydrogen (secondary N) is 5. The van der Waals surface area contributed by atoms with Gasteiger partial charge in [-0.3, -0.25) is 10.6 Å². The fourth-order valence-electron chi connectivity index (χ4n) is 2.98. The van der Waals surface area contributed by atoms with Gasteiger partial charge in [0.15, 0.2) is 0 Å². The van der Waals surface area contributed by atoms with Crippen molar-refractivity contribution in [1.82, 2.24) is 35.6 Å². The van der Waals surface area contributed by atoms with Crippen LogP contribution in [-0.2, 0) is 19.1 Å². The molecule has 162 valence electrons. The summed E-state index contributed by atoms with van der Waals surface area (Å²) >= 11 is 0. The van der Waals surface area contributed by atoms with Crippen LogP contribution in [0.3, 0.4) is 0 Å². The summed E-state index contributed by atoms with van der Waals surface area (Å²) in [5.41, 5.74) is 3.44. The number of carbonyl (C=O) groups excluding carboxylic acids is 2. The van der Waals surface area contributed by atoms with Crippen LogP contribution in [0, 0.1) is 0 Å². The summed E-state index contributed by atoms with van der Waals surface area (Å²) < 4.78 is 11.0. The van der Waals surface area contributed by atoms with Gasteiger partial charge in [-0.15, -0.1) is 0 Å². The zero-order chi connectivity index (χ0) is 22.1. The summed E-state index contributed by atoms with van der Waals surface area (Å²) in [5, 5.41) is 6.29. The highest BCUT2D eigenvalue weighted by molar-refractivity contribution is 5.87. The maximum atomic E-state index is 11.3. The number of methoxy groups -OCH3 is 2. The first-order valence-electron chi connectivity index (χ1n) is 9.36. The molecular weight excluding hydrogens is 402 g/mol. The molecule has 0 amide bonds. The molecule has 11 heteroatoms. The Morgan fingerprint density at radius 3 is 1.68 bits per heavy atom. The van der Waals surface area contributed by atoms with Gasteiger partial charge in [0, 0.05) is 27.3 Å². The predicted molar refractivity (Wildman–Crippen MR) is 112 cm³/mol. The van der Waals surface area contributed by atoms with Crippen LogP contribution in [0.2, 0.25) is 0 Å². The summed E-state index contributed by atoms with van der Waals surface area (Å²) in [7, 11) is 3.10. The van der Waals surface area contributed by atoms with Gasteiger partial charge in [0.25, 0.3) is 0 Å². The minimum Gasteiger partial charge on any atom is -0.361 e. The minimum absolute atomic E-state index is 0.224. The average Bonchev–Trinajstić information content (AvgIpc) is 3.57. The molecule has 0 saturated heterocycles. The number of aromatic nitrogens is 5. The largest absolute Gasteiger partial charge is 0.361 e. The molecule has 0 radical (unpaired) electrons. The van der Waals surface area contributed by atoms with Gasteiger partial charge in [-0.25, -0.2) is 19.6 Å². The lowest BCUT2D eigenvalue weighted by Gasteiger charge is -2.18. The number of hydrogen-bond donors (Lipinski definition) is 5. The molecule has 11 nitrogen and oxygen atoms in total. The van der Waals surface area contributed by atoms with Crippen molar-refractivity contribution in [3.05, 3.63) is 60.0 Å². The molecule has 0 aromatic carbocycles. The second kappa shape index (κ2) is 11.0. The average molecular weight is 425 g/mol. The third-order valence-electron chi connectivity index (χ3n) is 4.59. The second-order valence-electron chi connectivity index (χ2n) is 6.45. The van der Waals surface area contributed by atoms with Gasteiger partial charge in [-0.1, -0.05) is 0 Å². The molecule has 3 heterocycles. The van der Waals surface area contributed by atoms with Crippen molar-refractivity contribution in [1.29, 1.82) is 0 Å². The Labute approximate surface area is 178 Å². The summed E-state index contributed by atoms with van der Waals surface area (Å²) in [6.45, 7) is 0.449. The van der Waals surface area contributed by atoms with Gasteiger partial charge >= 0.3 is 0 Å². The van der Waals surface area contributed by atoms with Gasteiger partial charge in [0.05, 0.1) is 59.0 Å². The van der Waals surface area contributed by atoms with E-state index in [0.717, 1.165) is 11.4 Å². The fraction of sp³-hybridized carbons (Fsp3) is 0.300. The van der Waals surface area contributed by atoms with Crippen LogP contribution in [0.25, 0.3) is 11.1 Å². The predicted octanol–water partition coefficient (Wildman–Crippen LogP) is 0.760. The maximum Gasteiger partial charge on any atom is 0.149 e. The number of nitrogens with zero attached hydrogens (tertiary/aromatic N) is 2. The third-order valence-corrected chi connectivity index (χ3v) is 4.59. The van der Waals surface area contributed by atoms with Crippen LogP contribution in [0.1, 0.15) is 35.2 Å². The molecule has 0 spiro atoms. The summed E-state index contributed by atoms with van der Waals surface area (Å²) in [5.74, 6) is 3.82. The first-order valence-corrected chi connectivity index (χ1v) is 9.36. The number of aromatic amines is 3. The molecule has 0 aliphatic rings. The van der Waals surface area contributed by atoms with Crippen LogP contribution >= 0.6 is 0 Å². The lowest BCUT2D eigenvalue weighted by atomic mass is 10.2. The quantitative estimate of drug-likeness (QED) is 0.211. The van der Waals surface area contributed by atoms with Crippen LogP contribution < -0.4 is 10.6 Å². The number of imidazole rings is 2. The Kier molecular flexibility index (Phi) is 7.85. The number of hydrogen-bond acceptors (Lipinski definition) is 8. The summed E-state index contributed by atoms with van der Waals surface area (Å²) in [6, 6.07) is 3.69. The SMILES string of the molecule is CO[C@H](NCC(=C=O)c1cnc[nH]1)c1ccc([C@@H](NCC(=C=O)c2cnc[nH]2)OC)[nH]1. The van der Waals surface area contributed by atoms with Crippen molar-refractivity contribution in [3.63, 3.8) is 0 Å². The van der Waals surface area contributed by atoms with Gasteiger partial charge < -0.3 is 24.4 Å². The normalized spacial score (nSPS) is 12.7. The number of rotatable bonds is 12. The van der Waals surface area contributed by atoms with Crippen LogP contribution in [-0.4, -0.2) is 64.1 Å². The van der Waals surface area contributed by atoms with Crippen LogP contribution in [0.5, 0.6) is 0 Å². The van der Waals surface area contributed by atoms with Crippen molar-refractivity contribution < 1.29 is 19.1 Å². The van der Waals surface area contributed by atoms with Gasteiger partial charge in [-0.05, 0) is 12.1 Å². The van der Waals surface area contributed by atoms with E-state index in [-0.39, 0.29) is 13.1 Å². The molecule has 0 saturated carbocycles. The Hall–Kier alpha value is -3.56. The first kappa shape index (κ1) is 22.1. The van der Waals surface area contributed by atoms with E-state index in [1.54, 1.807) is 26.6 Å². The van der Waals surface area contributed by atoms with E-state index in [4.69, 9.17) is 9.47 Å². The topological polar surface area (TPSA) is 150 Å². The molecule has 31 heavy (non-hydrogen) atoms. The Morgan fingerprint density at radius 2 is 1.35 bits per heavy atom. The first-order chi connectivity index (χ1) is 15.2. The molecule has 3 aromatic heterocycles. The lowest BCUT2D eigenvalue weighted by Crippen LogP contribution is -2.27. The van der Waals surface area contributed by atoms with E-state index in [0.29, 0.717) is 22.5 Å². The standard InChI is InChI=1S/C20H23N7O4/c1-30-19(23-5-13(9-28)17-7-21-11-25-17)15-3-4-16(27-15)20(31-2)24-6-14(10-29)18-8-22-12-26-18/h3-4,7-8,11-12,19-20,23-24,27H,5-6H2,1-2H3,(H,21,25)(H,22,26)/t19-,20-/m0/s1. The number of ether oxygens (including phenoxy) is 2. The van der Waals surface area contributed by atoms with E-state index in [1.807, 2.05) is 24.0 Å². The van der Waals surface area contributed by atoms with E-state index >= 15 is 0 Å². The summed E-state index contributed by atoms with van der Waals surface area (Å²) in [4.78, 5) is 39.3. The maximum absolute atomic E-state index is 11.3. The molecule has 2 atom stereocenters. The highest BCUT2D eigenvalue weighted by Crippen LogP contribution is 2.20. The van der Waals surface area contributed by atoms with Gasteiger partial charge in [0.2, 0.25) is 0 Å². The van der Waals surface area contributed by atoms with E-state index in [2.05, 4.69) is 35.6 Å². The molecule has 0 bridgehead atoms. The molecule has 0 aliphatic heterocycles. The van der Waals surface area contributed by atoms with Crippen molar-refractivity contribution in [2.45, 2.75) is 12.5 Å². The smallest absolute Gasteiger partial charge is 0.149 e. The highest BCUT2D eigenvalue weighted by Gasteiger charge is 2.18. The molecular formula is C20H23N7O4. The van der Waals surface area contributed by atoms with E-state index in [9.17, 15) is 9.59 Å². The summed E-state index contributed by atoms with van der Waals surface area (Å²) in [6.07, 6.45) is 5.08. The molecule has 5 N–H and O–H groups in total. The van der Waals surface area contributed by atoms with Crippen molar-refractivity contribution in [3.8, 4) is 0 Å². The monoisotopic (exact) mass is 425 g/mol. The minimum atomic E-state index is -0.507. The van der Waals surface area contributed by atoms with Crippen molar-refractivity contribution >= 4 is 23.0 Å². The van der Waals surface area contributed by atoms with Crippen molar-refractivity contribution in [2.75, 3.05) is 27.3 Å². The zero-order valence-corrected chi connectivity index (χ0v) is 17.1. The highest BCUT2D eigenvalue weighted by atomic mass is 16.5. The second-order valence-corrected chi connectivity index (χ2v) is 6.45. The zero-order valence-electron chi connectivity index (χ0n) is 17.1. The molecule has 3 aromatic rings. The lowest BCUT2D eigenvalue weighted by molar-refractivity contribution is 0.0676. The Balaban J connectivity index is 1.63. The molecule has 0 unspecified atom stereocenters. The fourth-order valence-corrected chi connectivity index (χ4v) is 2.98. The third kappa shape index (κ3) is 5.53. The van der Waals surface area contributed by atoms with Gasteiger partial charge in [-0.2, -0.15) is 0 Å². The van der Waals surface area contributed by atoms with E-state index in [1.165, 1.54) is 12.7 Å². The van der Waals surface area contributed by atoms with E-state index < -0.39 is 12.5 Å². The molecule has 3 rings (SSSR count). The Bertz CT molecular complexity index is 963. The van der Waals surface area contributed by atoms with Crippen LogP contribution in [0.4, 0.5) is 0 Å².